The highest BCUT2D eigenvalue weighted by Gasteiger charge is 2.20. The quantitative estimate of drug-likeness (QED) is 0.828. The smallest absolute Gasteiger partial charge is 0.237 e. The van der Waals surface area contributed by atoms with Gasteiger partial charge in [0.05, 0.1) is 6.04 Å². The second-order valence-electron chi connectivity index (χ2n) is 5.59. The lowest BCUT2D eigenvalue weighted by molar-refractivity contribution is -0.123. The Morgan fingerprint density at radius 1 is 1.06 bits per heavy atom. The van der Waals surface area contributed by atoms with Crippen molar-refractivity contribution in [2.45, 2.75) is 63.8 Å². The highest BCUT2D eigenvalue weighted by atomic mass is 35.5. The monoisotopic (exact) mass is 274 g/mol. The Morgan fingerprint density at radius 2 is 1.78 bits per heavy atom. The van der Waals surface area contributed by atoms with Gasteiger partial charge < -0.3 is 10.6 Å². The molecule has 1 unspecified atom stereocenters. The molecule has 1 heterocycles. The zero-order chi connectivity index (χ0) is 11.9. The molecule has 0 aromatic rings. The second-order valence-corrected chi connectivity index (χ2v) is 5.59. The molecule has 0 radical (unpaired) electrons. The van der Waals surface area contributed by atoms with Crippen molar-refractivity contribution in [3.05, 3.63) is 0 Å². The van der Waals surface area contributed by atoms with Gasteiger partial charge in [-0.3, -0.25) is 4.79 Å². The molecule has 1 aliphatic carbocycles. The largest absolute Gasteiger partial charge is 0.355 e. The fraction of sp³-hybridized carbons (Fsp3) is 0.929. The third-order valence-corrected chi connectivity index (χ3v) is 4.20. The summed E-state index contributed by atoms with van der Waals surface area (Å²) in [4.78, 5) is 11.9. The molecular formula is C14H27ClN2O. The summed E-state index contributed by atoms with van der Waals surface area (Å²) < 4.78 is 0. The average Bonchev–Trinajstić information content (AvgIpc) is 2.41. The molecule has 18 heavy (non-hydrogen) atoms. The number of carbonyl (C=O) groups excluding carboxylic acids is 1. The molecule has 0 spiro atoms. The zero-order valence-corrected chi connectivity index (χ0v) is 12.1. The van der Waals surface area contributed by atoms with Gasteiger partial charge in [-0.15, -0.1) is 12.4 Å². The topological polar surface area (TPSA) is 41.1 Å². The Hall–Kier alpha value is -0.280. The number of rotatable bonds is 4. The SMILES string of the molecule is Cl.O=C(NCCC1CCCCC1)C1CCCCN1. The van der Waals surface area contributed by atoms with E-state index in [1.54, 1.807) is 0 Å². The first kappa shape index (κ1) is 15.8. The first-order chi connectivity index (χ1) is 8.36. The molecule has 1 atom stereocenters. The van der Waals surface area contributed by atoms with E-state index >= 15 is 0 Å². The van der Waals surface area contributed by atoms with Gasteiger partial charge in [0.1, 0.15) is 0 Å². The van der Waals surface area contributed by atoms with E-state index in [1.807, 2.05) is 0 Å². The molecule has 2 N–H and O–H groups in total. The minimum Gasteiger partial charge on any atom is -0.355 e. The molecule has 1 amide bonds. The standard InChI is InChI=1S/C14H26N2O.ClH/c17-14(13-8-4-5-10-15-13)16-11-9-12-6-2-1-3-7-12;/h12-13,15H,1-11H2,(H,16,17);1H. The summed E-state index contributed by atoms with van der Waals surface area (Å²) >= 11 is 0. The van der Waals surface area contributed by atoms with Crippen LogP contribution in [0.1, 0.15) is 57.8 Å². The lowest BCUT2D eigenvalue weighted by atomic mass is 9.87. The van der Waals surface area contributed by atoms with Crippen molar-refractivity contribution < 1.29 is 4.79 Å². The Balaban J connectivity index is 0.00000162. The predicted molar refractivity (Wildman–Crippen MR) is 77.1 cm³/mol. The molecule has 0 aromatic carbocycles. The predicted octanol–water partition coefficient (Wildman–Crippen LogP) is 2.64. The van der Waals surface area contributed by atoms with Crippen molar-refractivity contribution in [1.29, 1.82) is 0 Å². The van der Waals surface area contributed by atoms with Crippen LogP contribution in [0.2, 0.25) is 0 Å². The van der Waals surface area contributed by atoms with Crippen LogP contribution in [0.5, 0.6) is 0 Å². The number of amides is 1. The summed E-state index contributed by atoms with van der Waals surface area (Å²) in [6, 6.07) is 0.0788. The maximum absolute atomic E-state index is 11.9. The summed E-state index contributed by atoms with van der Waals surface area (Å²) in [5, 5.41) is 6.39. The molecule has 1 saturated heterocycles. The normalized spacial score (nSPS) is 25.2. The summed E-state index contributed by atoms with van der Waals surface area (Å²) in [6.07, 6.45) is 11.5. The van der Waals surface area contributed by atoms with Crippen molar-refractivity contribution in [3.8, 4) is 0 Å². The van der Waals surface area contributed by atoms with Gasteiger partial charge in [-0.05, 0) is 31.7 Å². The second kappa shape index (κ2) is 8.76. The molecule has 4 heteroatoms. The Kier molecular flexibility index (Phi) is 7.68. The Labute approximate surface area is 117 Å². The third kappa shape index (κ3) is 5.15. The van der Waals surface area contributed by atoms with Crippen LogP contribution in [-0.4, -0.2) is 25.0 Å². The van der Waals surface area contributed by atoms with Gasteiger partial charge in [-0.25, -0.2) is 0 Å². The molecule has 2 fully saturated rings. The van der Waals surface area contributed by atoms with E-state index in [4.69, 9.17) is 0 Å². The van der Waals surface area contributed by atoms with Crippen LogP contribution >= 0.6 is 12.4 Å². The summed E-state index contributed by atoms with van der Waals surface area (Å²) in [5.41, 5.74) is 0. The number of hydrogen-bond donors (Lipinski definition) is 2. The van der Waals surface area contributed by atoms with E-state index in [1.165, 1.54) is 51.4 Å². The summed E-state index contributed by atoms with van der Waals surface area (Å²) in [7, 11) is 0. The average molecular weight is 275 g/mol. The first-order valence-electron chi connectivity index (χ1n) is 7.37. The van der Waals surface area contributed by atoms with Crippen LogP contribution < -0.4 is 10.6 Å². The highest BCUT2D eigenvalue weighted by Crippen LogP contribution is 2.25. The van der Waals surface area contributed by atoms with Gasteiger partial charge in [0.15, 0.2) is 0 Å². The van der Waals surface area contributed by atoms with Crippen LogP contribution in [0, 0.1) is 5.92 Å². The fourth-order valence-corrected chi connectivity index (χ4v) is 3.07. The van der Waals surface area contributed by atoms with Crippen molar-refractivity contribution in [2.24, 2.45) is 5.92 Å². The molecule has 0 bridgehead atoms. The van der Waals surface area contributed by atoms with Gasteiger partial charge in [-0.1, -0.05) is 38.5 Å². The van der Waals surface area contributed by atoms with Crippen LogP contribution in [0.4, 0.5) is 0 Å². The number of halogens is 1. The van der Waals surface area contributed by atoms with E-state index < -0.39 is 0 Å². The van der Waals surface area contributed by atoms with Crippen molar-refractivity contribution in [3.63, 3.8) is 0 Å². The van der Waals surface area contributed by atoms with Gasteiger partial charge in [-0.2, -0.15) is 0 Å². The number of carbonyl (C=O) groups is 1. The first-order valence-corrected chi connectivity index (χ1v) is 7.37. The van der Waals surface area contributed by atoms with E-state index in [9.17, 15) is 4.79 Å². The lowest BCUT2D eigenvalue weighted by Gasteiger charge is -2.24. The molecular weight excluding hydrogens is 248 g/mol. The molecule has 1 aliphatic heterocycles. The Bertz CT molecular complexity index is 236. The van der Waals surface area contributed by atoms with Crippen molar-refractivity contribution >= 4 is 18.3 Å². The maximum Gasteiger partial charge on any atom is 0.237 e. The van der Waals surface area contributed by atoms with Crippen LogP contribution in [0.25, 0.3) is 0 Å². The minimum absolute atomic E-state index is 0. The fourth-order valence-electron chi connectivity index (χ4n) is 3.07. The van der Waals surface area contributed by atoms with E-state index in [2.05, 4.69) is 10.6 Å². The molecule has 2 rings (SSSR count). The summed E-state index contributed by atoms with van der Waals surface area (Å²) in [5.74, 6) is 1.09. The lowest BCUT2D eigenvalue weighted by Crippen LogP contribution is -2.46. The van der Waals surface area contributed by atoms with Gasteiger partial charge in [0, 0.05) is 6.54 Å². The van der Waals surface area contributed by atoms with Gasteiger partial charge >= 0.3 is 0 Å². The maximum atomic E-state index is 11.9. The van der Waals surface area contributed by atoms with Crippen LogP contribution in [0.15, 0.2) is 0 Å². The molecule has 106 valence electrons. The van der Waals surface area contributed by atoms with E-state index in [0.29, 0.717) is 0 Å². The minimum atomic E-state index is 0. The Morgan fingerprint density at radius 3 is 2.44 bits per heavy atom. The number of piperidine rings is 1. The third-order valence-electron chi connectivity index (χ3n) is 4.20. The van der Waals surface area contributed by atoms with Gasteiger partial charge in [0.25, 0.3) is 0 Å². The number of hydrogen-bond acceptors (Lipinski definition) is 2. The molecule has 0 aromatic heterocycles. The van der Waals surface area contributed by atoms with Crippen molar-refractivity contribution in [1.82, 2.24) is 10.6 Å². The molecule has 3 nitrogen and oxygen atoms in total. The van der Waals surface area contributed by atoms with Crippen molar-refractivity contribution in [2.75, 3.05) is 13.1 Å². The number of nitrogens with one attached hydrogen (secondary N) is 2. The van der Waals surface area contributed by atoms with Crippen LogP contribution in [0.3, 0.4) is 0 Å². The van der Waals surface area contributed by atoms with E-state index in [-0.39, 0.29) is 24.4 Å². The highest BCUT2D eigenvalue weighted by molar-refractivity contribution is 5.85. The van der Waals surface area contributed by atoms with E-state index in [0.717, 1.165) is 25.4 Å². The molecule has 2 aliphatic rings. The van der Waals surface area contributed by atoms with Crippen LogP contribution in [-0.2, 0) is 4.79 Å². The zero-order valence-electron chi connectivity index (χ0n) is 11.2. The molecule has 1 saturated carbocycles. The summed E-state index contributed by atoms with van der Waals surface area (Å²) in [6.45, 7) is 1.88. The van der Waals surface area contributed by atoms with Gasteiger partial charge in [0.2, 0.25) is 5.91 Å².